The van der Waals surface area contributed by atoms with Gasteiger partial charge in [0.05, 0.1) is 10.7 Å². The second kappa shape index (κ2) is 6.17. The van der Waals surface area contributed by atoms with Crippen LogP contribution in [-0.2, 0) is 0 Å². The van der Waals surface area contributed by atoms with Gasteiger partial charge in [0.1, 0.15) is 0 Å². The maximum Gasteiger partial charge on any atom is 0.0652 e. The highest BCUT2D eigenvalue weighted by Crippen LogP contribution is 2.27. The van der Waals surface area contributed by atoms with Gasteiger partial charge >= 0.3 is 0 Å². The van der Waals surface area contributed by atoms with Crippen molar-refractivity contribution >= 4 is 28.9 Å². The molecule has 0 aromatic heterocycles. The molecule has 0 aliphatic rings. The maximum absolute atomic E-state index is 6.11. The summed E-state index contributed by atoms with van der Waals surface area (Å²) >= 11 is 12.0. The van der Waals surface area contributed by atoms with Crippen LogP contribution in [0.15, 0.2) is 30.9 Å². The van der Waals surface area contributed by atoms with E-state index in [1.165, 1.54) is 0 Å². The summed E-state index contributed by atoms with van der Waals surface area (Å²) in [4.78, 5) is 0. The van der Waals surface area contributed by atoms with Gasteiger partial charge in [-0.15, -0.1) is 6.58 Å². The zero-order valence-electron chi connectivity index (χ0n) is 9.63. The van der Waals surface area contributed by atoms with E-state index >= 15 is 0 Å². The van der Waals surface area contributed by atoms with E-state index in [1.807, 2.05) is 18.2 Å². The zero-order valence-corrected chi connectivity index (χ0v) is 11.1. The topological polar surface area (TPSA) is 12.0 Å². The molecule has 1 aromatic carbocycles. The Bertz CT molecular complexity index is 361. The molecule has 1 rings (SSSR count). The van der Waals surface area contributed by atoms with Crippen LogP contribution in [0, 0.1) is 5.92 Å². The largest absolute Gasteiger partial charge is 0.381 e. The number of halogens is 2. The summed E-state index contributed by atoms with van der Waals surface area (Å²) in [6.45, 7) is 8.11. The van der Waals surface area contributed by atoms with Gasteiger partial charge in [-0.3, -0.25) is 0 Å². The van der Waals surface area contributed by atoms with Gasteiger partial charge in [0.15, 0.2) is 0 Å². The van der Waals surface area contributed by atoms with Crippen LogP contribution < -0.4 is 5.32 Å². The van der Waals surface area contributed by atoms with E-state index < -0.39 is 0 Å². The lowest BCUT2D eigenvalue weighted by Crippen LogP contribution is -2.24. The Morgan fingerprint density at radius 2 is 2.06 bits per heavy atom. The van der Waals surface area contributed by atoms with Crippen LogP contribution in [0.5, 0.6) is 0 Å². The van der Waals surface area contributed by atoms with Crippen molar-refractivity contribution in [3.63, 3.8) is 0 Å². The molecule has 0 radical (unpaired) electrons. The third kappa shape index (κ3) is 3.73. The SMILES string of the molecule is C=CCC(Nc1ccc(Cl)cc1Cl)C(C)C. The Labute approximate surface area is 107 Å². The first-order valence-electron chi connectivity index (χ1n) is 5.37. The van der Waals surface area contributed by atoms with E-state index in [9.17, 15) is 0 Å². The van der Waals surface area contributed by atoms with Crippen molar-refractivity contribution in [2.75, 3.05) is 5.32 Å². The molecule has 0 heterocycles. The Morgan fingerprint density at radius 1 is 1.38 bits per heavy atom. The molecule has 0 amide bonds. The van der Waals surface area contributed by atoms with Crippen molar-refractivity contribution in [2.24, 2.45) is 5.92 Å². The lowest BCUT2D eigenvalue weighted by atomic mass is 10.0. The van der Waals surface area contributed by atoms with Gasteiger partial charge in [0.25, 0.3) is 0 Å². The zero-order chi connectivity index (χ0) is 12.1. The van der Waals surface area contributed by atoms with Crippen LogP contribution in [0.25, 0.3) is 0 Å². The third-order valence-corrected chi connectivity index (χ3v) is 3.05. The van der Waals surface area contributed by atoms with Crippen molar-refractivity contribution in [3.8, 4) is 0 Å². The number of nitrogens with one attached hydrogen (secondary N) is 1. The molecule has 88 valence electrons. The van der Waals surface area contributed by atoms with Gasteiger partial charge in [-0.2, -0.15) is 0 Å². The Hall–Kier alpha value is -0.660. The standard InChI is InChI=1S/C13H17Cl2N/c1-4-5-12(9(2)3)16-13-7-6-10(14)8-11(13)15/h4,6-9,12,16H,1,5H2,2-3H3. The highest BCUT2D eigenvalue weighted by Gasteiger charge is 2.12. The summed E-state index contributed by atoms with van der Waals surface area (Å²) in [5.74, 6) is 0.518. The minimum Gasteiger partial charge on any atom is -0.381 e. The van der Waals surface area contributed by atoms with Crippen molar-refractivity contribution in [1.82, 2.24) is 0 Å². The normalized spacial score (nSPS) is 12.6. The first kappa shape index (κ1) is 13.4. The lowest BCUT2D eigenvalue weighted by Gasteiger charge is -2.22. The molecule has 1 aromatic rings. The van der Waals surface area contributed by atoms with Crippen molar-refractivity contribution in [3.05, 3.63) is 40.9 Å². The number of anilines is 1. The highest BCUT2D eigenvalue weighted by molar-refractivity contribution is 6.36. The van der Waals surface area contributed by atoms with E-state index in [0.29, 0.717) is 22.0 Å². The first-order valence-corrected chi connectivity index (χ1v) is 6.12. The van der Waals surface area contributed by atoms with E-state index in [4.69, 9.17) is 23.2 Å². The van der Waals surface area contributed by atoms with Crippen LogP contribution >= 0.6 is 23.2 Å². The first-order chi connectivity index (χ1) is 7.54. The van der Waals surface area contributed by atoms with Gasteiger partial charge in [0.2, 0.25) is 0 Å². The van der Waals surface area contributed by atoms with Crippen LogP contribution in [0.1, 0.15) is 20.3 Å². The average molecular weight is 258 g/mol. The summed E-state index contributed by atoms with van der Waals surface area (Å²) in [5.41, 5.74) is 0.923. The van der Waals surface area contributed by atoms with Crippen LogP contribution in [0.4, 0.5) is 5.69 Å². The summed E-state index contributed by atoms with van der Waals surface area (Å²) in [5, 5.41) is 4.72. The Balaban J connectivity index is 2.80. The third-order valence-electron chi connectivity index (χ3n) is 2.50. The second-order valence-electron chi connectivity index (χ2n) is 4.14. The summed E-state index contributed by atoms with van der Waals surface area (Å²) in [6, 6.07) is 5.83. The fourth-order valence-corrected chi connectivity index (χ4v) is 1.95. The molecule has 1 N–H and O–H groups in total. The van der Waals surface area contributed by atoms with E-state index in [2.05, 4.69) is 25.7 Å². The molecule has 1 atom stereocenters. The van der Waals surface area contributed by atoms with Gasteiger partial charge in [-0.05, 0) is 30.5 Å². The molecule has 0 saturated carbocycles. The molecule has 0 aliphatic carbocycles. The average Bonchev–Trinajstić information content (AvgIpc) is 2.20. The second-order valence-corrected chi connectivity index (χ2v) is 4.99. The predicted octanol–water partition coefficient (Wildman–Crippen LogP) is 5.01. The van der Waals surface area contributed by atoms with Gasteiger partial charge in [-0.25, -0.2) is 0 Å². The molecule has 0 bridgehead atoms. The molecule has 16 heavy (non-hydrogen) atoms. The lowest BCUT2D eigenvalue weighted by molar-refractivity contribution is 0.529. The molecular formula is C13H17Cl2N. The summed E-state index contributed by atoms with van der Waals surface area (Å²) in [6.07, 6.45) is 2.83. The minimum absolute atomic E-state index is 0.344. The highest BCUT2D eigenvalue weighted by atomic mass is 35.5. The summed E-state index contributed by atoms with van der Waals surface area (Å²) < 4.78 is 0. The van der Waals surface area contributed by atoms with Crippen molar-refractivity contribution < 1.29 is 0 Å². The Kier molecular flexibility index (Phi) is 5.17. The molecule has 0 spiro atoms. The molecule has 0 fully saturated rings. The van der Waals surface area contributed by atoms with Crippen molar-refractivity contribution in [2.45, 2.75) is 26.3 Å². The maximum atomic E-state index is 6.11. The molecule has 3 heteroatoms. The van der Waals surface area contributed by atoms with Crippen molar-refractivity contribution in [1.29, 1.82) is 0 Å². The van der Waals surface area contributed by atoms with Crippen LogP contribution in [0.3, 0.4) is 0 Å². The van der Waals surface area contributed by atoms with E-state index in [1.54, 1.807) is 6.07 Å². The molecule has 0 saturated heterocycles. The van der Waals surface area contributed by atoms with E-state index in [0.717, 1.165) is 12.1 Å². The van der Waals surface area contributed by atoms with Gasteiger partial charge in [-0.1, -0.05) is 43.1 Å². The molecule has 1 nitrogen and oxygen atoms in total. The quantitative estimate of drug-likeness (QED) is 0.732. The minimum atomic E-state index is 0.344. The number of hydrogen-bond donors (Lipinski definition) is 1. The van der Waals surface area contributed by atoms with Gasteiger partial charge in [0, 0.05) is 11.1 Å². The fraction of sp³-hybridized carbons (Fsp3) is 0.385. The number of rotatable bonds is 5. The number of hydrogen-bond acceptors (Lipinski definition) is 1. The molecule has 1 unspecified atom stereocenters. The monoisotopic (exact) mass is 257 g/mol. The number of benzene rings is 1. The molecular weight excluding hydrogens is 241 g/mol. The summed E-state index contributed by atoms with van der Waals surface area (Å²) in [7, 11) is 0. The predicted molar refractivity (Wildman–Crippen MR) is 73.5 cm³/mol. The van der Waals surface area contributed by atoms with Gasteiger partial charge < -0.3 is 5.32 Å². The Morgan fingerprint density at radius 3 is 2.56 bits per heavy atom. The van der Waals surface area contributed by atoms with E-state index in [-0.39, 0.29) is 0 Å². The molecule has 0 aliphatic heterocycles. The smallest absolute Gasteiger partial charge is 0.0652 e. The fourth-order valence-electron chi connectivity index (χ4n) is 1.48. The van der Waals surface area contributed by atoms with Crippen LogP contribution in [0.2, 0.25) is 10.0 Å². The van der Waals surface area contributed by atoms with Crippen LogP contribution in [-0.4, -0.2) is 6.04 Å².